The molecule has 1 atom stereocenters. The van der Waals surface area contributed by atoms with Gasteiger partial charge in [0.15, 0.2) is 0 Å². The van der Waals surface area contributed by atoms with Crippen LogP contribution in [0.15, 0.2) is 29.1 Å². The average Bonchev–Trinajstić information content (AvgIpc) is 2.87. The highest BCUT2D eigenvalue weighted by Crippen LogP contribution is 2.41. The predicted molar refractivity (Wildman–Crippen MR) is 73.8 cm³/mol. The second kappa shape index (κ2) is 4.76. The van der Waals surface area contributed by atoms with Gasteiger partial charge in [0, 0.05) is 6.20 Å². The van der Waals surface area contributed by atoms with Crippen molar-refractivity contribution in [2.24, 2.45) is 0 Å². The maximum absolute atomic E-state index is 9.85. The number of imidazole rings is 1. The van der Waals surface area contributed by atoms with Crippen LogP contribution >= 0.6 is 15.9 Å². The molecule has 94 valence electrons. The molecule has 2 aromatic rings. The number of aromatic amines is 1. The van der Waals surface area contributed by atoms with Crippen molar-refractivity contribution < 1.29 is 5.11 Å². The lowest BCUT2D eigenvalue weighted by molar-refractivity contribution is 0.464. The van der Waals surface area contributed by atoms with Gasteiger partial charge in [-0.1, -0.05) is 6.07 Å². The number of nitrogens with one attached hydrogen (secondary N) is 1. The third-order valence-electron chi connectivity index (χ3n) is 3.67. The van der Waals surface area contributed by atoms with Gasteiger partial charge in [-0.2, -0.15) is 0 Å². The molecular formula is C14H15BrN2O. The Balaban J connectivity index is 1.98. The van der Waals surface area contributed by atoms with Crippen LogP contribution in [0.1, 0.15) is 35.6 Å². The number of nitrogens with zero attached hydrogens (tertiary/aromatic N) is 1. The number of phenols is 1. The average molecular weight is 307 g/mol. The molecule has 1 unspecified atom stereocenters. The number of rotatable bonds is 2. The smallest absolute Gasteiger partial charge is 0.130 e. The Morgan fingerprint density at radius 2 is 2.33 bits per heavy atom. The highest BCUT2D eigenvalue weighted by atomic mass is 79.9. The van der Waals surface area contributed by atoms with Gasteiger partial charge in [-0.3, -0.25) is 0 Å². The maximum atomic E-state index is 9.85. The van der Waals surface area contributed by atoms with Crippen LogP contribution in [0.25, 0.3) is 0 Å². The summed E-state index contributed by atoms with van der Waals surface area (Å²) in [5, 5.41) is 9.85. The summed E-state index contributed by atoms with van der Waals surface area (Å²) in [6, 6.07) is 3.83. The Hall–Kier alpha value is -1.29. The van der Waals surface area contributed by atoms with Crippen LogP contribution in [0.2, 0.25) is 0 Å². The predicted octanol–water partition coefficient (Wildman–Crippen LogP) is 3.54. The standard InChI is InChI=1S/C14H15BrN2O/c15-14-12(18)5-4-9-2-1-3-10(13(9)14)6-11-7-16-8-17-11/h4-5,7-8,10,18H,1-3,6H2,(H,16,17). The molecular weight excluding hydrogens is 292 g/mol. The Morgan fingerprint density at radius 1 is 1.44 bits per heavy atom. The van der Waals surface area contributed by atoms with Crippen LogP contribution in [0.5, 0.6) is 5.75 Å². The van der Waals surface area contributed by atoms with Gasteiger partial charge in [0.05, 0.1) is 16.5 Å². The molecule has 0 amide bonds. The molecule has 0 fully saturated rings. The molecule has 2 N–H and O–H groups in total. The van der Waals surface area contributed by atoms with Crippen molar-refractivity contribution in [1.29, 1.82) is 0 Å². The maximum Gasteiger partial charge on any atom is 0.130 e. The minimum Gasteiger partial charge on any atom is -0.507 e. The molecule has 0 saturated carbocycles. The first-order chi connectivity index (χ1) is 8.75. The Kier molecular flexibility index (Phi) is 3.12. The topological polar surface area (TPSA) is 48.9 Å². The molecule has 4 heteroatoms. The number of phenolic OH excluding ortho intramolecular Hbond substituents is 1. The van der Waals surface area contributed by atoms with Crippen molar-refractivity contribution in [3.63, 3.8) is 0 Å². The first-order valence-electron chi connectivity index (χ1n) is 6.23. The number of benzene rings is 1. The monoisotopic (exact) mass is 306 g/mol. The molecule has 1 heterocycles. The quantitative estimate of drug-likeness (QED) is 0.891. The Bertz CT molecular complexity index is 551. The zero-order valence-corrected chi connectivity index (χ0v) is 11.6. The summed E-state index contributed by atoms with van der Waals surface area (Å²) >= 11 is 3.53. The summed E-state index contributed by atoms with van der Waals surface area (Å²) in [5.41, 5.74) is 3.71. The zero-order valence-electron chi connectivity index (χ0n) is 9.99. The van der Waals surface area contributed by atoms with Crippen molar-refractivity contribution in [3.8, 4) is 5.75 Å². The van der Waals surface area contributed by atoms with E-state index in [4.69, 9.17) is 0 Å². The van der Waals surface area contributed by atoms with Gasteiger partial charge in [-0.05, 0) is 64.7 Å². The Labute approximate surface area is 114 Å². The minimum atomic E-state index is 0.336. The highest BCUT2D eigenvalue weighted by Gasteiger charge is 2.24. The first kappa shape index (κ1) is 11.8. The number of hydrogen-bond acceptors (Lipinski definition) is 2. The van der Waals surface area contributed by atoms with E-state index < -0.39 is 0 Å². The summed E-state index contributed by atoms with van der Waals surface area (Å²) in [4.78, 5) is 7.30. The third-order valence-corrected chi connectivity index (χ3v) is 4.50. The van der Waals surface area contributed by atoms with Gasteiger partial charge in [-0.25, -0.2) is 4.98 Å². The lowest BCUT2D eigenvalue weighted by atomic mass is 9.80. The second-order valence-corrected chi connectivity index (χ2v) is 5.62. The number of aryl methyl sites for hydroxylation is 1. The number of H-pyrrole nitrogens is 1. The van der Waals surface area contributed by atoms with Crippen LogP contribution in [-0.4, -0.2) is 15.1 Å². The molecule has 0 saturated heterocycles. The highest BCUT2D eigenvalue weighted by molar-refractivity contribution is 9.10. The summed E-state index contributed by atoms with van der Waals surface area (Å²) in [6.07, 6.45) is 8.06. The summed E-state index contributed by atoms with van der Waals surface area (Å²) in [5.74, 6) is 0.779. The molecule has 3 nitrogen and oxygen atoms in total. The van der Waals surface area contributed by atoms with E-state index in [1.54, 1.807) is 12.4 Å². The van der Waals surface area contributed by atoms with Crippen LogP contribution in [0.3, 0.4) is 0 Å². The van der Waals surface area contributed by atoms with Crippen molar-refractivity contribution in [2.45, 2.75) is 31.6 Å². The van der Waals surface area contributed by atoms with Crippen molar-refractivity contribution in [3.05, 3.63) is 46.0 Å². The van der Waals surface area contributed by atoms with E-state index in [9.17, 15) is 5.11 Å². The van der Waals surface area contributed by atoms with Crippen LogP contribution < -0.4 is 0 Å². The van der Waals surface area contributed by atoms with Crippen molar-refractivity contribution in [1.82, 2.24) is 9.97 Å². The van der Waals surface area contributed by atoms with Crippen molar-refractivity contribution >= 4 is 15.9 Å². The normalized spacial score (nSPS) is 18.6. The summed E-state index contributed by atoms with van der Waals surface area (Å²) < 4.78 is 0.861. The van der Waals surface area contributed by atoms with Crippen LogP contribution in [0.4, 0.5) is 0 Å². The molecule has 1 aromatic carbocycles. The van der Waals surface area contributed by atoms with Crippen LogP contribution in [0, 0.1) is 0 Å². The lowest BCUT2D eigenvalue weighted by Crippen LogP contribution is -2.13. The number of halogens is 1. The van der Waals surface area contributed by atoms with Gasteiger partial charge >= 0.3 is 0 Å². The van der Waals surface area contributed by atoms with E-state index in [-0.39, 0.29) is 0 Å². The zero-order chi connectivity index (χ0) is 12.5. The molecule has 1 aliphatic rings. The molecule has 1 aromatic heterocycles. The van der Waals surface area contributed by atoms with Crippen LogP contribution in [-0.2, 0) is 12.8 Å². The van der Waals surface area contributed by atoms with E-state index in [0.29, 0.717) is 11.7 Å². The molecule has 0 spiro atoms. The molecule has 0 radical (unpaired) electrons. The fraction of sp³-hybridized carbons (Fsp3) is 0.357. The van der Waals surface area contributed by atoms with Crippen molar-refractivity contribution in [2.75, 3.05) is 0 Å². The first-order valence-corrected chi connectivity index (χ1v) is 7.03. The summed E-state index contributed by atoms with van der Waals surface area (Å²) in [7, 11) is 0. The number of fused-ring (bicyclic) bond motifs is 1. The molecule has 1 aliphatic carbocycles. The molecule has 0 aliphatic heterocycles. The van der Waals surface area contributed by atoms with Gasteiger partial charge < -0.3 is 10.1 Å². The van der Waals surface area contributed by atoms with Gasteiger partial charge in [-0.15, -0.1) is 0 Å². The number of hydrogen-bond donors (Lipinski definition) is 2. The largest absolute Gasteiger partial charge is 0.507 e. The summed E-state index contributed by atoms with van der Waals surface area (Å²) in [6.45, 7) is 0. The van der Waals surface area contributed by atoms with E-state index in [1.807, 2.05) is 12.3 Å². The van der Waals surface area contributed by atoms with Gasteiger partial charge in [0.2, 0.25) is 0 Å². The van der Waals surface area contributed by atoms with E-state index in [0.717, 1.165) is 29.4 Å². The molecule has 0 bridgehead atoms. The number of aromatic nitrogens is 2. The number of aromatic hydroxyl groups is 1. The SMILES string of the molecule is Oc1ccc2c(c1Br)C(Cc1c[nH]cn1)CCC2. The molecule has 18 heavy (non-hydrogen) atoms. The third kappa shape index (κ3) is 2.05. The van der Waals surface area contributed by atoms with E-state index in [1.165, 1.54) is 17.5 Å². The van der Waals surface area contributed by atoms with E-state index in [2.05, 4.69) is 25.9 Å². The minimum absolute atomic E-state index is 0.336. The lowest BCUT2D eigenvalue weighted by Gasteiger charge is -2.26. The Morgan fingerprint density at radius 3 is 3.11 bits per heavy atom. The van der Waals surface area contributed by atoms with E-state index >= 15 is 0 Å². The fourth-order valence-electron chi connectivity index (χ4n) is 2.82. The second-order valence-electron chi connectivity index (χ2n) is 4.83. The fourth-order valence-corrected chi connectivity index (χ4v) is 3.53. The van der Waals surface area contributed by atoms with Gasteiger partial charge in [0.25, 0.3) is 0 Å². The van der Waals surface area contributed by atoms with Gasteiger partial charge in [0.1, 0.15) is 5.75 Å². The molecule has 3 rings (SSSR count).